The molecule has 0 spiro atoms. The minimum absolute atomic E-state index is 0.0458. The molecule has 0 aromatic heterocycles. The molecule has 1 aliphatic carbocycles. The minimum atomic E-state index is -0.789. The molecule has 2 rings (SSSR count). The van der Waals surface area contributed by atoms with Crippen LogP contribution in [0, 0.1) is 17.2 Å². The molecular weight excluding hydrogens is 262 g/mol. The molecule has 4 nitrogen and oxygen atoms in total. The van der Waals surface area contributed by atoms with E-state index in [0.717, 1.165) is 31.4 Å². The number of nitriles is 1. The SMILES string of the molecule is CC1CCCC(N)(C(=O)N(CCC#N)c2ccccc2)C1. The van der Waals surface area contributed by atoms with Crippen molar-refractivity contribution < 1.29 is 4.79 Å². The quantitative estimate of drug-likeness (QED) is 0.924. The second-order valence-corrected chi connectivity index (χ2v) is 6.06. The summed E-state index contributed by atoms with van der Waals surface area (Å²) in [6.45, 7) is 2.54. The van der Waals surface area contributed by atoms with E-state index in [1.54, 1.807) is 4.90 Å². The third-order valence-electron chi connectivity index (χ3n) is 4.22. The fourth-order valence-electron chi connectivity index (χ4n) is 3.17. The number of anilines is 1. The first-order valence-corrected chi connectivity index (χ1v) is 7.60. The Hall–Kier alpha value is -1.86. The van der Waals surface area contributed by atoms with Crippen molar-refractivity contribution in [1.82, 2.24) is 0 Å². The monoisotopic (exact) mass is 285 g/mol. The first kappa shape index (κ1) is 15.5. The van der Waals surface area contributed by atoms with Gasteiger partial charge in [0.2, 0.25) is 5.91 Å². The van der Waals surface area contributed by atoms with Gasteiger partial charge in [-0.1, -0.05) is 38.0 Å². The normalized spacial score (nSPS) is 25.1. The van der Waals surface area contributed by atoms with Gasteiger partial charge in [-0.05, 0) is 30.9 Å². The number of carbonyl (C=O) groups excluding carboxylic acids is 1. The molecule has 2 N–H and O–H groups in total. The van der Waals surface area contributed by atoms with Gasteiger partial charge in [0.15, 0.2) is 0 Å². The molecule has 0 bridgehead atoms. The van der Waals surface area contributed by atoms with E-state index in [2.05, 4.69) is 13.0 Å². The second kappa shape index (κ2) is 6.73. The van der Waals surface area contributed by atoms with Crippen LogP contribution in [0.15, 0.2) is 30.3 Å². The maximum absolute atomic E-state index is 13.0. The van der Waals surface area contributed by atoms with Gasteiger partial charge in [-0.25, -0.2) is 0 Å². The molecule has 1 amide bonds. The number of carbonyl (C=O) groups is 1. The molecule has 0 heterocycles. The largest absolute Gasteiger partial charge is 0.317 e. The maximum atomic E-state index is 13.0. The second-order valence-electron chi connectivity index (χ2n) is 6.06. The number of hydrogen-bond acceptors (Lipinski definition) is 3. The van der Waals surface area contributed by atoms with Crippen LogP contribution in [0.3, 0.4) is 0 Å². The highest BCUT2D eigenvalue weighted by Gasteiger charge is 2.40. The van der Waals surface area contributed by atoms with E-state index in [-0.39, 0.29) is 5.91 Å². The summed E-state index contributed by atoms with van der Waals surface area (Å²) >= 11 is 0. The number of para-hydroxylation sites is 1. The van der Waals surface area contributed by atoms with Crippen LogP contribution in [0.5, 0.6) is 0 Å². The summed E-state index contributed by atoms with van der Waals surface area (Å²) < 4.78 is 0. The van der Waals surface area contributed by atoms with Crippen LogP contribution >= 0.6 is 0 Å². The fraction of sp³-hybridized carbons (Fsp3) is 0.529. The lowest BCUT2D eigenvalue weighted by molar-refractivity contribution is -0.125. The van der Waals surface area contributed by atoms with Crippen LogP contribution < -0.4 is 10.6 Å². The number of benzene rings is 1. The Balaban J connectivity index is 2.24. The molecule has 0 radical (unpaired) electrons. The van der Waals surface area contributed by atoms with E-state index in [4.69, 9.17) is 11.0 Å². The number of rotatable bonds is 4. The van der Waals surface area contributed by atoms with E-state index >= 15 is 0 Å². The molecule has 112 valence electrons. The van der Waals surface area contributed by atoms with Gasteiger partial charge in [0.1, 0.15) is 0 Å². The summed E-state index contributed by atoms with van der Waals surface area (Å²) in [7, 11) is 0. The van der Waals surface area contributed by atoms with Crippen LogP contribution in [0.4, 0.5) is 5.69 Å². The smallest absolute Gasteiger partial charge is 0.247 e. The molecule has 1 fully saturated rings. The number of nitrogens with two attached hydrogens (primary N) is 1. The zero-order valence-corrected chi connectivity index (χ0v) is 12.6. The maximum Gasteiger partial charge on any atom is 0.247 e. The van der Waals surface area contributed by atoms with Crippen molar-refractivity contribution in [3.8, 4) is 6.07 Å². The van der Waals surface area contributed by atoms with E-state index < -0.39 is 5.54 Å². The molecule has 2 unspecified atom stereocenters. The van der Waals surface area contributed by atoms with Gasteiger partial charge in [-0.2, -0.15) is 5.26 Å². The third kappa shape index (κ3) is 3.62. The van der Waals surface area contributed by atoms with Crippen molar-refractivity contribution in [3.63, 3.8) is 0 Å². The van der Waals surface area contributed by atoms with Crippen molar-refractivity contribution in [2.24, 2.45) is 11.7 Å². The van der Waals surface area contributed by atoms with Gasteiger partial charge in [-0.15, -0.1) is 0 Å². The predicted molar refractivity (Wildman–Crippen MR) is 83.6 cm³/mol. The van der Waals surface area contributed by atoms with Crippen LogP contribution in [0.25, 0.3) is 0 Å². The first-order chi connectivity index (χ1) is 10.1. The zero-order valence-electron chi connectivity index (χ0n) is 12.6. The van der Waals surface area contributed by atoms with Gasteiger partial charge in [0.05, 0.1) is 18.0 Å². The highest BCUT2D eigenvalue weighted by atomic mass is 16.2. The van der Waals surface area contributed by atoms with Crippen molar-refractivity contribution in [1.29, 1.82) is 5.26 Å². The van der Waals surface area contributed by atoms with Gasteiger partial charge in [0, 0.05) is 12.2 Å². The number of hydrogen-bond donors (Lipinski definition) is 1. The van der Waals surface area contributed by atoms with Crippen LogP contribution in [-0.4, -0.2) is 18.0 Å². The lowest BCUT2D eigenvalue weighted by Crippen LogP contribution is -2.57. The highest BCUT2D eigenvalue weighted by molar-refractivity contribution is 6.00. The average molecular weight is 285 g/mol. The van der Waals surface area contributed by atoms with Gasteiger partial charge in [0.25, 0.3) is 0 Å². The summed E-state index contributed by atoms with van der Waals surface area (Å²) in [6, 6.07) is 11.6. The van der Waals surface area contributed by atoms with Gasteiger partial charge >= 0.3 is 0 Å². The van der Waals surface area contributed by atoms with E-state index in [9.17, 15) is 4.79 Å². The van der Waals surface area contributed by atoms with E-state index in [1.165, 1.54) is 0 Å². The Morgan fingerprint density at radius 1 is 1.48 bits per heavy atom. The first-order valence-electron chi connectivity index (χ1n) is 7.60. The lowest BCUT2D eigenvalue weighted by Gasteiger charge is -2.39. The molecule has 4 heteroatoms. The summed E-state index contributed by atoms with van der Waals surface area (Å²) in [6.07, 6.45) is 3.89. The number of amides is 1. The minimum Gasteiger partial charge on any atom is -0.317 e. The molecular formula is C17H23N3O. The van der Waals surface area contributed by atoms with Crippen LogP contribution in [-0.2, 0) is 4.79 Å². The molecule has 2 atom stereocenters. The molecule has 1 aromatic rings. The Labute approximate surface area is 126 Å². The Bertz CT molecular complexity index is 523. The lowest BCUT2D eigenvalue weighted by atomic mass is 9.76. The fourth-order valence-corrected chi connectivity index (χ4v) is 3.17. The number of nitrogens with zero attached hydrogens (tertiary/aromatic N) is 2. The van der Waals surface area contributed by atoms with Gasteiger partial charge < -0.3 is 10.6 Å². The predicted octanol–water partition coefficient (Wildman–Crippen LogP) is 2.84. The van der Waals surface area contributed by atoms with Crippen molar-refractivity contribution >= 4 is 11.6 Å². The van der Waals surface area contributed by atoms with Crippen molar-refractivity contribution in [2.75, 3.05) is 11.4 Å². The molecule has 21 heavy (non-hydrogen) atoms. The third-order valence-corrected chi connectivity index (χ3v) is 4.22. The molecule has 0 saturated heterocycles. The summed E-state index contributed by atoms with van der Waals surface area (Å²) in [4.78, 5) is 14.6. The van der Waals surface area contributed by atoms with Crippen molar-refractivity contribution in [2.45, 2.75) is 44.6 Å². The Morgan fingerprint density at radius 2 is 2.19 bits per heavy atom. The van der Waals surface area contributed by atoms with Gasteiger partial charge in [-0.3, -0.25) is 4.79 Å². The topological polar surface area (TPSA) is 70.1 Å². The molecule has 1 saturated carbocycles. The zero-order chi connectivity index (χ0) is 15.3. The van der Waals surface area contributed by atoms with E-state index in [1.807, 2.05) is 30.3 Å². The standard InChI is InChI=1S/C17H23N3O/c1-14-7-5-10-17(19,13-14)16(21)20(12-6-11-18)15-8-3-2-4-9-15/h2-4,8-9,14H,5-7,10,12-13,19H2,1H3. The highest BCUT2D eigenvalue weighted by Crippen LogP contribution is 2.33. The molecule has 1 aromatic carbocycles. The summed E-state index contributed by atoms with van der Waals surface area (Å²) in [5, 5.41) is 8.84. The summed E-state index contributed by atoms with van der Waals surface area (Å²) in [5.74, 6) is 0.428. The Morgan fingerprint density at radius 3 is 2.81 bits per heavy atom. The summed E-state index contributed by atoms with van der Waals surface area (Å²) in [5.41, 5.74) is 6.46. The Kier molecular flexibility index (Phi) is 4.98. The van der Waals surface area contributed by atoms with Crippen LogP contribution in [0.1, 0.15) is 39.0 Å². The van der Waals surface area contributed by atoms with Crippen molar-refractivity contribution in [3.05, 3.63) is 30.3 Å². The molecule has 1 aliphatic rings. The molecule has 0 aliphatic heterocycles. The van der Waals surface area contributed by atoms with E-state index in [0.29, 0.717) is 18.9 Å². The average Bonchev–Trinajstić information content (AvgIpc) is 2.48. The van der Waals surface area contributed by atoms with Crippen LogP contribution in [0.2, 0.25) is 0 Å².